The average molecular weight is 299 g/mol. The maximum Gasteiger partial charge on any atom is 0.0786 e. The fraction of sp³-hybridized carbons (Fsp3) is 0.600. The molecule has 2 rings (SSSR count). The Morgan fingerprint density at radius 1 is 1.37 bits per heavy atom. The first-order valence-electron chi connectivity index (χ1n) is 6.72. The van der Waals surface area contributed by atoms with Crippen LogP contribution in [-0.2, 0) is 0 Å². The Hall–Kier alpha value is -0.540. The number of thioether (sulfide) groups is 1. The lowest BCUT2D eigenvalue weighted by Crippen LogP contribution is -2.41. The molecule has 0 radical (unpaired) electrons. The fourth-order valence-corrected chi connectivity index (χ4v) is 4.40. The van der Waals surface area contributed by atoms with E-state index in [0.717, 1.165) is 22.2 Å². The molecule has 1 saturated heterocycles. The van der Waals surface area contributed by atoms with E-state index in [1.54, 1.807) is 0 Å². The third kappa shape index (κ3) is 3.32. The van der Waals surface area contributed by atoms with Crippen molar-refractivity contribution in [1.29, 1.82) is 0 Å². The molecule has 4 heteroatoms. The van der Waals surface area contributed by atoms with Gasteiger partial charge in [-0.25, -0.2) is 0 Å². The minimum Gasteiger partial charge on any atom is -0.379 e. The van der Waals surface area contributed by atoms with Crippen LogP contribution in [0.1, 0.15) is 20.3 Å². The van der Waals surface area contributed by atoms with E-state index in [-0.39, 0.29) is 0 Å². The highest BCUT2D eigenvalue weighted by Gasteiger charge is 2.33. The second-order valence-electron chi connectivity index (χ2n) is 6.04. The molecule has 1 atom stereocenters. The number of anilines is 2. The number of nitrogens with zero attached hydrogens (tertiary/aromatic N) is 1. The minimum absolute atomic E-state index is 0.331. The maximum atomic E-state index is 6.33. The number of rotatable bonds is 3. The van der Waals surface area contributed by atoms with E-state index in [1.165, 1.54) is 12.2 Å². The average Bonchev–Trinajstić information content (AvgIpc) is 2.31. The normalized spacial score (nSPS) is 22.1. The lowest BCUT2D eigenvalue weighted by atomic mass is 9.82. The Balaban J connectivity index is 2.26. The van der Waals surface area contributed by atoms with Gasteiger partial charge in [-0.2, -0.15) is 11.8 Å². The van der Waals surface area contributed by atoms with Crippen LogP contribution in [0.4, 0.5) is 11.4 Å². The fourth-order valence-electron chi connectivity index (χ4n) is 2.45. The summed E-state index contributed by atoms with van der Waals surface area (Å²) < 4.78 is 0. The van der Waals surface area contributed by atoms with Crippen LogP contribution in [0.5, 0.6) is 0 Å². The summed E-state index contributed by atoms with van der Waals surface area (Å²) in [6.07, 6.45) is 1.26. The molecule has 0 saturated carbocycles. The molecule has 0 aliphatic carbocycles. The van der Waals surface area contributed by atoms with Gasteiger partial charge in [-0.15, -0.1) is 0 Å². The van der Waals surface area contributed by atoms with E-state index in [4.69, 9.17) is 11.6 Å². The van der Waals surface area contributed by atoms with Crippen molar-refractivity contribution in [2.24, 2.45) is 5.41 Å². The first kappa shape index (κ1) is 14.9. The van der Waals surface area contributed by atoms with Crippen molar-refractivity contribution in [2.75, 3.05) is 35.8 Å². The zero-order chi connectivity index (χ0) is 14.0. The highest BCUT2D eigenvalue weighted by molar-refractivity contribution is 7.99. The Morgan fingerprint density at radius 2 is 2.11 bits per heavy atom. The van der Waals surface area contributed by atoms with Gasteiger partial charge in [0.2, 0.25) is 0 Å². The summed E-state index contributed by atoms with van der Waals surface area (Å²) >= 11 is 8.36. The lowest BCUT2D eigenvalue weighted by molar-refractivity contribution is 0.305. The maximum absolute atomic E-state index is 6.33. The molecule has 1 aromatic rings. The van der Waals surface area contributed by atoms with E-state index >= 15 is 0 Å². The summed E-state index contributed by atoms with van der Waals surface area (Å²) in [5.41, 5.74) is 2.55. The van der Waals surface area contributed by atoms with Crippen molar-refractivity contribution in [1.82, 2.24) is 0 Å². The molecular weight excluding hydrogens is 276 g/mol. The molecule has 1 unspecified atom stereocenters. The van der Waals surface area contributed by atoms with Crippen molar-refractivity contribution >= 4 is 34.7 Å². The zero-order valence-electron chi connectivity index (χ0n) is 12.2. The highest BCUT2D eigenvalue weighted by Crippen LogP contribution is 2.39. The smallest absolute Gasteiger partial charge is 0.0786 e. The molecular formula is C15H23ClN2S. The molecule has 0 spiro atoms. The molecule has 0 aromatic heterocycles. The van der Waals surface area contributed by atoms with Gasteiger partial charge in [0.25, 0.3) is 0 Å². The van der Waals surface area contributed by atoms with E-state index in [2.05, 4.69) is 30.1 Å². The first-order valence-corrected chi connectivity index (χ1v) is 8.25. The van der Waals surface area contributed by atoms with Crippen molar-refractivity contribution in [3.8, 4) is 0 Å². The topological polar surface area (TPSA) is 15.3 Å². The molecule has 1 aromatic carbocycles. The molecule has 2 nitrogen and oxygen atoms in total. The van der Waals surface area contributed by atoms with Crippen molar-refractivity contribution in [3.05, 3.63) is 23.2 Å². The molecule has 1 aliphatic heterocycles. The molecule has 0 bridgehead atoms. The van der Waals surface area contributed by atoms with Crippen LogP contribution in [0.25, 0.3) is 0 Å². The Labute approximate surface area is 125 Å². The summed E-state index contributed by atoms with van der Waals surface area (Å²) in [4.78, 5) is 2.08. The van der Waals surface area contributed by atoms with E-state index in [1.807, 2.05) is 38.0 Å². The Kier molecular flexibility index (Phi) is 4.57. The predicted octanol–water partition coefficient (Wildman–Crippen LogP) is 4.35. The van der Waals surface area contributed by atoms with Gasteiger partial charge in [0.1, 0.15) is 0 Å². The van der Waals surface area contributed by atoms with Gasteiger partial charge in [0.15, 0.2) is 0 Å². The van der Waals surface area contributed by atoms with E-state index in [9.17, 15) is 0 Å². The van der Waals surface area contributed by atoms with Gasteiger partial charge in [-0.05, 0) is 29.7 Å². The highest BCUT2D eigenvalue weighted by atomic mass is 35.5. The van der Waals surface area contributed by atoms with Crippen LogP contribution < -0.4 is 10.2 Å². The number of halogens is 1. The predicted molar refractivity (Wildman–Crippen MR) is 88.9 cm³/mol. The van der Waals surface area contributed by atoms with Crippen LogP contribution in [0.2, 0.25) is 5.02 Å². The monoisotopic (exact) mass is 298 g/mol. The Bertz CT molecular complexity index is 446. The van der Waals surface area contributed by atoms with Crippen molar-refractivity contribution in [2.45, 2.75) is 26.3 Å². The molecule has 106 valence electrons. The Morgan fingerprint density at radius 3 is 2.74 bits per heavy atom. The number of benzene rings is 1. The molecule has 1 aliphatic rings. The second kappa shape index (κ2) is 5.84. The summed E-state index contributed by atoms with van der Waals surface area (Å²) in [5.74, 6) is 2.42. The van der Waals surface area contributed by atoms with Crippen LogP contribution in [0.15, 0.2) is 18.2 Å². The summed E-state index contributed by atoms with van der Waals surface area (Å²) in [6.45, 7) is 4.70. The SMILES string of the molecule is CN(C)c1c(Cl)cccc1NC1CSCCC1(C)C. The van der Waals surface area contributed by atoms with Crippen LogP contribution in [0.3, 0.4) is 0 Å². The number of para-hydroxylation sites is 1. The quantitative estimate of drug-likeness (QED) is 0.893. The van der Waals surface area contributed by atoms with E-state index < -0.39 is 0 Å². The van der Waals surface area contributed by atoms with E-state index in [0.29, 0.717) is 11.5 Å². The minimum atomic E-state index is 0.331. The molecule has 0 amide bonds. The molecule has 1 N–H and O–H groups in total. The number of hydrogen-bond donors (Lipinski definition) is 1. The van der Waals surface area contributed by atoms with Gasteiger partial charge < -0.3 is 10.2 Å². The molecule has 1 fully saturated rings. The van der Waals surface area contributed by atoms with Crippen LogP contribution >= 0.6 is 23.4 Å². The molecule has 19 heavy (non-hydrogen) atoms. The van der Waals surface area contributed by atoms with Gasteiger partial charge in [0, 0.05) is 25.9 Å². The second-order valence-corrected chi connectivity index (χ2v) is 7.60. The summed E-state index contributed by atoms with van der Waals surface area (Å²) in [7, 11) is 4.07. The first-order chi connectivity index (χ1) is 8.92. The van der Waals surface area contributed by atoms with Crippen LogP contribution in [-0.4, -0.2) is 31.6 Å². The number of hydrogen-bond acceptors (Lipinski definition) is 3. The molecule has 1 heterocycles. The largest absolute Gasteiger partial charge is 0.379 e. The standard InChI is InChI=1S/C15H23ClN2S/c1-15(2)8-9-19-10-13(15)17-12-7-5-6-11(16)14(12)18(3)4/h5-7,13,17H,8-10H2,1-4H3. The van der Waals surface area contributed by atoms with Gasteiger partial charge in [-0.1, -0.05) is 31.5 Å². The van der Waals surface area contributed by atoms with Crippen LogP contribution in [0, 0.1) is 5.41 Å². The third-order valence-corrected chi connectivity index (χ3v) is 5.25. The summed E-state index contributed by atoms with van der Waals surface area (Å²) in [5, 5.41) is 4.52. The van der Waals surface area contributed by atoms with Crippen molar-refractivity contribution in [3.63, 3.8) is 0 Å². The van der Waals surface area contributed by atoms with Gasteiger partial charge in [-0.3, -0.25) is 0 Å². The summed E-state index contributed by atoms with van der Waals surface area (Å²) in [6, 6.07) is 6.57. The lowest BCUT2D eigenvalue weighted by Gasteiger charge is -2.40. The van der Waals surface area contributed by atoms with Crippen molar-refractivity contribution < 1.29 is 0 Å². The third-order valence-electron chi connectivity index (χ3n) is 3.88. The zero-order valence-corrected chi connectivity index (χ0v) is 13.7. The van der Waals surface area contributed by atoms with Gasteiger partial charge in [0.05, 0.1) is 16.4 Å². The number of nitrogens with one attached hydrogen (secondary N) is 1. The van der Waals surface area contributed by atoms with Gasteiger partial charge >= 0.3 is 0 Å².